The fourth-order valence-corrected chi connectivity index (χ4v) is 3.11. The van der Waals surface area contributed by atoms with Gasteiger partial charge in [-0.05, 0) is 36.5 Å². The van der Waals surface area contributed by atoms with Crippen molar-refractivity contribution in [3.8, 4) is 5.75 Å². The van der Waals surface area contributed by atoms with E-state index in [1.54, 1.807) is 31.4 Å². The van der Waals surface area contributed by atoms with E-state index in [-0.39, 0.29) is 48.3 Å². The second-order valence-electron chi connectivity index (χ2n) is 4.83. The maximum Gasteiger partial charge on any atom is 1.00 e. The third kappa shape index (κ3) is 3.54. The Hall–Kier alpha value is -0.150. The van der Waals surface area contributed by atoms with Crippen LogP contribution < -0.4 is 34.3 Å². The quantitative estimate of drug-likeness (QED) is 0.459. The van der Waals surface area contributed by atoms with Crippen molar-refractivity contribution in [1.29, 1.82) is 0 Å². The number of hydrogen-bond acceptors (Lipinski definition) is 6. The van der Waals surface area contributed by atoms with E-state index in [1.165, 1.54) is 0 Å². The third-order valence-electron chi connectivity index (χ3n) is 3.52. The van der Waals surface area contributed by atoms with Crippen LogP contribution in [0.25, 0.3) is 0 Å². The molecule has 1 atom stereocenters. The fraction of sp³-hybridized carbons (Fsp3) is 0.500. The smallest absolute Gasteiger partial charge is 0.746 e. The van der Waals surface area contributed by atoms with Gasteiger partial charge in [0, 0.05) is 0 Å². The molecular formula is C12H15NaO6S. The topological polar surface area (TPSA) is 107 Å². The molecule has 8 heteroatoms. The van der Waals surface area contributed by atoms with Crippen molar-refractivity contribution >= 4 is 10.1 Å². The summed E-state index contributed by atoms with van der Waals surface area (Å²) in [4.78, 5) is 0. The molecule has 20 heavy (non-hydrogen) atoms. The fourth-order valence-electron chi connectivity index (χ4n) is 2.38. The summed E-state index contributed by atoms with van der Waals surface area (Å²) in [5.41, 5.74) is -3.21. The van der Waals surface area contributed by atoms with Crippen LogP contribution in [0.4, 0.5) is 0 Å². The van der Waals surface area contributed by atoms with Crippen LogP contribution >= 0.6 is 0 Å². The predicted molar refractivity (Wildman–Crippen MR) is 65.6 cm³/mol. The number of aliphatic hydroxyl groups excluding tert-OH is 1. The molecule has 2 rings (SSSR count). The van der Waals surface area contributed by atoms with Gasteiger partial charge in [0.15, 0.2) is 5.44 Å². The normalized spacial score (nSPS) is 27.1. The van der Waals surface area contributed by atoms with Crippen molar-refractivity contribution in [3.05, 3.63) is 29.8 Å². The first-order valence-electron chi connectivity index (χ1n) is 5.75. The molecule has 0 amide bonds. The van der Waals surface area contributed by atoms with Crippen molar-refractivity contribution in [2.24, 2.45) is 0 Å². The maximum atomic E-state index is 10.7. The molecule has 1 fully saturated rings. The molecule has 0 aromatic heterocycles. The largest absolute Gasteiger partial charge is 1.00 e. The molecule has 6 nitrogen and oxygen atoms in total. The van der Waals surface area contributed by atoms with Crippen LogP contribution in [0.15, 0.2) is 24.3 Å². The monoisotopic (exact) mass is 310 g/mol. The van der Waals surface area contributed by atoms with E-state index < -0.39 is 21.2 Å². The zero-order valence-corrected chi connectivity index (χ0v) is 14.1. The van der Waals surface area contributed by atoms with Gasteiger partial charge in [-0.1, -0.05) is 12.1 Å². The Kier molecular flexibility index (Phi) is 5.65. The van der Waals surface area contributed by atoms with Crippen molar-refractivity contribution in [2.75, 3.05) is 7.11 Å². The van der Waals surface area contributed by atoms with E-state index in [0.29, 0.717) is 5.75 Å². The zero-order chi connectivity index (χ0) is 14.3. The first-order valence-corrected chi connectivity index (χ1v) is 7.22. The van der Waals surface area contributed by atoms with Gasteiger partial charge in [-0.15, -0.1) is 0 Å². The molecule has 0 spiro atoms. The number of hydrogen-bond donors (Lipinski definition) is 2. The van der Waals surface area contributed by atoms with E-state index in [9.17, 15) is 23.2 Å². The average molecular weight is 310 g/mol. The summed E-state index contributed by atoms with van der Waals surface area (Å²) in [5, 5.41) is 19.2. The molecule has 0 bridgehead atoms. The number of rotatable bonds is 4. The van der Waals surface area contributed by atoms with Gasteiger partial charge >= 0.3 is 29.6 Å². The number of ether oxygens (including phenoxy) is 1. The van der Waals surface area contributed by atoms with Crippen molar-refractivity contribution < 1.29 is 57.5 Å². The molecule has 1 saturated carbocycles. The first-order chi connectivity index (χ1) is 8.76. The van der Waals surface area contributed by atoms with E-state index >= 15 is 0 Å². The van der Waals surface area contributed by atoms with Crippen LogP contribution in [0, 0.1) is 0 Å². The molecule has 2 N–H and O–H groups in total. The summed E-state index contributed by atoms with van der Waals surface area (Å²) in [6.07, 6.45) is 0.0872. The van der Waals surface area contributed by atoms with Gasteiger partial charge in [0.1, 0.15) is 21.5 Å². The van der Waals surface area contributed by atoms with Crippen LogP contribution in [0.5, 0.6) is 5.75 Å². The van der Waals surface area contributed by atoms with E-state index in [0.717, 1.165) is 5.56 Å². The van der Waals surface area contributed by atoms with Gasteiger partial charge in [-0.25, -0.2) is 8.42 Å². The number of benzene rings is 1. The van der Waals surface area contributed by atoms with E-state index in [2.05, 4.69) is 0 Å². The number of aliphatic hydroxyl groups is 2. The maximum absolute atomic E-state index is 10.7. The third-order valence-corrected chi connectivity index (χ3v) is 4.51. The van der Waals surface area contributed by atoms with Crippen molar-refractivity contribution in [2.45, 2.75) is 29.8 Å². The molecule has 0 aliphatic heterocycles. The Bertz CT molecular complexity index is 550. The van der Waals surface area contributed by atoms with Gasteiger partial charge in [-0.2, -0.15) is 0 Å². The molecule has 0 heterocycles. The Morgan fingerprint density at radius 2 is 1.85 bits per heavy atom. The van der Waals surface area contributed by atoms with Crippen LogP contribution in [0.1, 0.15) is 24.3 Å². The van der Waals surface area contributed by atoms with Crippen LogP contribution in [0.3, 0.4) is 0 Å². The van der Waals surface area contributed by atoms with Crippen LogP contribution in [-0.4, -0.2) is 41.3 Å². The van der Waals surface area contributed by atoms with Crippen molar-refractivity contribution in [1.82, 2.24) is 0 Å². The SMILES string of the molecule is COc1ccc(C2CC(O)(C(O)S(=O)(=O)[O-])C2)cc1.[Na+]. The van der Waals surface area contributed by atoms with Gasteiger partial charge in [0.05, 0.1) is 7.11 Å². The molecule has 0 radical (unpaired) electrons. The minimum atomic E-state index is -4.90. The van der Waals surface area contributed by atoms with Gasteiger partial charge in [-0.3, -0.25) is 0 Å². The van der Waals surface area contributed by atoms with Gasteiger partial charge < -0.3 is 19.5 Å². The summed E-state index contributed by atoms with van der Waals surface area (Å²) in [6, 6.07) is 7.13. The summed E-state index contributed by atoms with van der Waals surface area (Å²) in [5.74, 6) is 0.618. The Balaban J connectivity index is 0.00000200. The minimum absolute atomic E-state index is 0. The van der Waals surface area contributed by atoms with E-state index in [1.807, 2.05) is 0 Å². The molecule has 1 aliphatic rings. The van der Waals surface area contributed by atoms with Gasteiger partial charge in [0.25, 0.3) is 0 Å². The Morgan fingerprint density at radius 3 is 2.25 bits per heavy atom. The Labute approximate surface area is 139 Å². The first kappa shape index (κ1) is 17.9. The van der Waals surface area contributed by atoms with Crippen molar-refractivity contribution in [3.63, 3.8) is 0 Å². The minimum Gasteiger partial charge on any atom is -0.746 e. The number of methoxy groups -OCH3 is 1. The Morgan fingerprint density at radius 1 is 1.35 bits per heavy atom. The molecule has 1 unspecified atom stereocenters. The standard InChI is InChI=1S/C12H16O6S.Na/c1-18-10-4-2-8(3-5-10)9-6-12(14,7-9)11(13)19(15,16)17;/h2-5,9,11,13-14H,6-7H2,1H3,(H,15,16,17);/q;+1/p-1. The molecule has 0 saturated heterocycles. The second kappa shape index (κ2) is 6.31. The predicted octanol–water partition coefficient (Wildman–Crippen LogP) is -2.83. The van der Waals surface area contributed by atoms with Gasteiger partial charge in [0.2, 0.25) is 0 Å². The van der Waals surface area contributed by atoms with Crippen LogP contribution in [0.2, 0.25) is 0 Å². The zero-order valence-electron chi connectivity index (χ0n) is 11.3. The summed E-state index contributed by atoms with van der Waals surface area (Å²) in [6.45, 7) is 0. The average Bonchev–Trinajstić information content (AvgIpc) is 2.33. The molecule has 1 aromatic rings. The summed E-state index contributed by atoms with van der Waals surface area (Å²) >= 11 is 0. The van der Waals surface area contributed by atoms with E-state index in [4.69, 9.17) is 4.74 Å². The summed E-state index contributed by atoms with van der Waals surface area (Å²) in [7, 11) is -3.35. The molecule has 1 aromatic carbocycles. The second-order valence-corrected chi connectivity index (χ2v) is 6.26. The van der Waals surface area contributed by atoms with Crippen LogP contribution in [-0.2, 0) is 10.1 Å². The molecular weight excluding hydrogens is 295 g/mol. The molecule has 1 aliphatic carbocycles. The molecule has 106 valence electrons. The summed E-state index contributed by atoms with van der Waals surface area (Å²) < 4.78 is 37.2.